The summed E-state index contributed by atoms with van der Waals surface area (Å²) in [6.07, 6.45) is 0. The third kappa shape index (κ3) is 4.70. The first-order valence-corrected chi connectivity index (χ1v) is 8.63. The van der Waals surface area contributed by atoms with Gasteiger partial charge >= 0.3 is 11.9 Å². The molecule has 2 aromatic rings. The van der Waals surface area contributed by atoms with E-state index >= 15 is 0 Å². The number of thiophene rings is 1. The lowest BCUT2D eigenvalue weighted by molar-refractivity contribution is -0.115. The molecule has 0 aliphatic rings. The van der Waals surface area contributed by atoms with Gasteiger partial charge in [-0.2, -0.15) is 0 Å². The monoisotopic (exact) mass is 390 g/mol. The summed E-state index contributed by atoms with van der Waals surface area (Å²) in [7, 11) is 2.42. The minimum absolute atomic E-state index is 0.0747. The Bertz CT molecular complexity index is 875. The number of carbonyl (C=O) groups excluding carboxylic acids is 4. The molecule has 1 heterocycles. The second-order valence-electron chi connectivity index (χ2n) is 5.34. The fourth-order valence-corrected chi connectivity index (χ4v) is 3.39. The largest absolute Gasteiger partial charge is 0.465 e. The van der Waals surface area contributed by atoms with Gasteiger partial charge in [-0.05, 0) is 24.6 Å². The van der Waals surface area contributed by atoms with Crippen LogP contribution in [0.15, 0.2) is 30.3 Å². The second-order valence-corrected chi connectivity index (χ2v) is 6.36. The number of carbonyl (C=O) groups is 4. The predicted molar refractivity (Wildman–Crippen MR) is 99.1 cm³/mol. The van der Waals surface area contributed by atoms with Crippen molar-refractivity contribution in [2.45, 2.75) is 6.92 Å². The smallest absolute Gasteiger partial charge is 0.348 e. The van der Waals surface area contributed by atoms with E-state index in [0.29, 0.717) is 11.1 Å². The molecule has 8 nitrogen and oxygen atoms in total. The highest BCUT2D eigenvalue weighted by molar-refractivity contribution is 7.18. The van der Waals surface area contributed by atoms with Crippen molar-refractivity contribution in [3.63, 3.8) is 0 Å². The maximum absolute atomic E-state index is 12.2. The Hall–Kier alpha value is -3.20. The summed E-state index contributed by atoms with van der Waals surface area (Å²) >= 11 is 0.901. The number of methoxy groups -OCH3 is 2. The number of benzene rings is 1. The van der Waals surface area contributed by atoms with Crippen LogP contribution < -0.4 is 10.6 Å². The number of hydrogen-bond donors (Lipinski definition) is 2. The van der Waals surface area contributed by atoms with Gasteiger partial charge in [0.2, 0.25) is 5.91 Å². The van der Waals surface area contributed by atoms with Gasteiger partial charge in [0.25, 0.3) is 5.91 Å². The molecule has 0 saturated carbocycles. The van der Waals surface area contributed by atoms with Gasteiger partial charge in [0, 0.05) is 5.56 Å². The molecule has 9 heteroatoms. The molecule has 2 rings (SSSR count). The maximum Gasteiger partial charge on any atom is 0.348 e. The average Bonchev–Trinajstić information content (AvgIpc) is 3.01. The Morgan fingerprint density at radius 2 is 1.63 bits per heavy atom. The van der Waals surface area contributed by atoms with E-state index in [4.69, 9.17) is 4.74 Å². The molecule has 2 amide bonds. The van der Waals surface area contributed by atoms with E-state index in [1.165, 1.54) is 14.2 Å². The van der Waals surface area contributed by atoms with Crippen LogP contribution in [0.3, 0.4) is 0 Å². The highest BCUT2D eigenvalue weighted by atomic mass is 32.1. The van der Waals surface area contributed by atoms with Crippen LogP contribution in [-0.4, -0.2) is 44.5 Å². The average molecular weight is 390 g/mol. The fourth-order valence-electron chi connectivity index (χ4n) is 2.26. The molecule has 0 atom stereocenters. The van der Waals surface area contributed by atoms with Crippen LogP contribution in [-0.2, 0) is 14.3 Å². The van der Waals surface area contributed by atoms with Gasteiger partial charge in [-0.25, -0.2) is 9.59 Å². The Balaban J connectivity index is 2.13. The van der Waals surface area contributed by atoms with E-state index in [2.05, 4.69) is 15.4 Å². The topological polar surface area (TPSA) is 111 Å². The standard InChI is InChI=1S/C18H18N2O6S/c1-10-13(17(23)25-2)16(27-14(10)18(24)26-3)20-12(21)9-19-15(22)11-7-5-4-6-8-11/h4-8H,9H2,1-3H3,(H,19,22)(H,20,21). The van der Waals surface area contributed by atoms with Crippen LogP contribution in [0.25, 0.3) is 0 Å². The van der Waals surface area contributed by atoms with Crippen LogP contribution in [0.2, 0.25) is 0 Å². The molecule has 0 fully saturated rings. The van der Waals surface area contributed by atoms with Crippen molar-refractivity contribution >= 4 is 40.1 Å². The molecule has 0 radical (unpaired) electrons. The predicted octanol–water partition coefficient (Wildman–Crippen LogP) is 2.00. The first-order chi connectivity index (χ1) is 12.9. The zero-order chi connectivity index (χ0) is 20.0. The summed E-state index contributed by atoms with van der Waals surface area (Å²) in [6, 6.07) is 8.43. The molecule has 1 aromatic heterocycles. The van der Waals surface area contributed by atoms with E-state index in [9.17, 15) is 19.2 Å². The number of amides is 2. The van der Waals surface area contributed by atoms with Gasteiger partial charge in [0.05, 0.1) is 26.3 Å². The van der Waals surface area contributed by atoms with Crippen LogP contribution in [0.4, 0.5) is 5.00 Å². The summed E-state index contributed by atoms with van der Waals surface area (Å²) in [6.45, 7) is 1.25. The number of anilines is 1. The van der Waals surface area contributed by atoms with E-state index < -0.39 is 23.8 Å². The number of hydrogen-bond acceptors (Lipinski definition) is 7. The molecule has 0 bridgehead atoms. The van der Waals surface area contributed by atoms with Gasteiger partial charge in [-0.3, -0.25) is 9.59 Å². The van der Waals surface area contributed by atoms with Crippen LogP contribution in [0.1, 0.15) is 36.0 Å². The summed E-state index contributed by atoms with van der Waals surface area (Å²) in [5.74, 6) is -2.28. The van der Waals surface area contributed by atoms with Gasteiger partial charge < -0.3 is 20.1 Å². The Labute approximate surface area is 159 Å². The van der Waals surface area contributed by atoms with Crippen LogP contribution >= 0.6 is 11.3 Å². The number of ether oxygens (including phenoxy) is 2. The van der Waals surface area contributed by atoms with Gasteiger partial charge in [-0.15, -0.1) is 11.3 Å². The molecule has 0 spiro atoms. The third-order valence-electron chi connectivity index (χ3n) is 3.61. The number of nitrogens with one attached hydrogen (secondary N) is 2. The molecule has 0 aliphatic carbocycles. The molecule has 0 unspecified atom stereocenters. The summed E-state index contributed by atoms with van der Waals surface area (Å²) in [4.78, 5) is 48.2. The van der Waals surface area contributed by atoms with E-state index in [0.717, 1.165) is 11.3 Å². The third-order valence-corrected chi connectivity index (χ3v) is 4.79. The first kappa shape index (κ1) is 20.1. The lowest BCUT2D eigenvalue weighted by Gasteiger charge is -2.07. The van der Waals surface area contributed by atoms with Crippen molar-refractivity contribution in [1.82, 2.24) is 5.32 Å². The summed E-state index contributed by atoms with van der Waals surface area (Å²) in [5.41, 5.74) is 0.841. The van der Waals surface area contributed by atoms with Crippen molar-refractivity contribution in [2.24, 2.45) is 0 Å². The van der Waals surface area contributed by atoms with Gasteiger partial charge in [-0.1, -0.05) is 18.2 Å². The Morgan fingerprint density at radius 1 is 1.00 bits per heavy atom. The van der Waals surface area contributed by atoms with E-state index in [1.807, 2.05) is 0 Å². The van der Waals surface area contributed by atoms with Crippen molar-refractivity contribution in [1.29, 1.82) is 0 Å². The molecule has 2 N–H and O–H groups in total. The molecule has 142 valence electrons. The summed E-state index contributed by atoms with van der Waals surface area (Å²) < 4.78 is 9.40. The Kier molecular flexibility index (Phi) is 6.67. The van der Waals surface area contributed by atoms with Crippen molar-refractivity contribution in [3.05, 3.63) is 51.9 Å². The normalized spacial score (nSPS) is 10.0. The molecular weight excluding hydrogens is 372 g/mol. The van der Waals surface area contributed by atoms with Crippen molar-refractivity contribution in [3.8, 4) is 0 Å². The van der Waals surface area contributed by atoms with Gasteiger partial charge in [0.15, 0.2) is 0 Å². The lowest BCUT2D eigenvalue weighted by atomic mass is 10.1. The van der Waals surface area contributed by atoms with Crippen molar-refractivity contribution in [2.75, 3.05) is 26.1 Å². The van der Waals surface area contributed by atoms with Gasteiger partial charge in [0.1, 0.15) is 9.88 Å². The SMILES string of the molecule is COC(=O)c1sc(NC(=O)CNC(=O)c2ccccc2)c(C(=O)OC)c1C. The molecule has 0 aliphatic heterocycles. The van der Waals surface area contributed by atoms with Crippen LogP contribution in [0.5, 0.6) is 0 Å². The molecule has 1 aromatic carbocycles. The minimum Gasteiger partial charge on any atom is -0.465 e. The minimum atomic E-state index is -0.692. The molecule has 0 saturated heterocycles. The maximum atomic E-state index is 12.2. The van der Waals surface area contributed by atoms with E-state index in [-0.39, 0.29) is 22.0 Å². The fraction of sp³-hybridized carbons (Fsp3) is 0.222. The highest BCUT2D eigenvalue weighted by Gasteiger charge is 2.26. The number of rotatable bonds is 6. The zero-order valence-electron chi connectivity index (χ0n) is 15.0. The highest BCUT2D eigenvalue weighted by Crippen LogP contribution is 2.34. The Morgan fingerprint density at radius 3 is 2.22 bits per heavy atom. The zero-order valence-corrected chi connectivity index (χ0v) is 15.8. The van der Waals surface area contributed by atoms with Crippen molar-refractivity contribution < 1.29 is 28.7 Å². The first-order valence-electron chi connectivity index (χ1n) is 7.82. The number of esters is 2. The lowest BCUT2D eigenvalue weighted by Crippen LogP contribution is -2.32. The molecular formula is C18H18N2O6S. The van der Waals surface area contributed by atoms with Crippen LogP contribution in [0, 0.1) is 6.92 Å². The summed E-state index contributed by atoms with van der Waals surface area (Å²) in [5, 5.41) is 5.16. The van der Waals surface area contributed by atoms with E-state index in [1.54, 1.807) is 37.3 Å². The molecule has 27 heavy (non-hydrogen) atoms. The second kappa shape index (κ2) is 8.95. The quantitative estimate of drug-likeness (QED) is 0.730.